The summed E-state index contributed by atoms with van der Waals surface area (Å²) in [5.74, 6) is -0.261. The fourth-order valence-corrected chi connectivity index (χ4v) is 6.70. The minimum atomic E-state index is -0.643. The summed E-state index contributed by atoms with van der Waals surface area (Å²) in [6.45, 7) is 3.74. The second-order valence-electron chi connectivity index (χ2n) is 7.19. The summed E-state index contributed by atoms with van der Waals surface area (Å²) in [7, 11) is 0. The lowest BCUT2D eigenvalue weighted by molar-refractivity contribution is -0.139. The highest BCUT2D eigenvalue weighted by molar-refractivity contribution is 14.1. The van der Waals surface area contributed by atoms with E-state index < -0.39 is 12.0 Å². The third-order valence-electron chi connectivity index (χ3n) is 5.04. The van der Waals surface area contributed by atoms with Gasteiger partial charge in [0.15, 0.2) is 4.80 Å². The number of aromatic hydroxyl groups is 1. The van der Waals surface area contributed by atoms with Crippen molar-refractivity contribution in [2.75, 3.05) is 6.61 Å². The molecule has 1 aliphatic rings. The van der Waals surface area contributed by atoms with Gasteiger partial charge in [-0.05, 0) is 100 Å². The molecule has 1 aliphatic heterocycles. The Morgan fingerprint density at radius 3 is 2.52 bits per heavy atom. The molecule has 4 rings (SSSR count). The van der Waals surface area contributed by atoms with Crippen LogP contribution in [-0.4, -0.2) is 22.2 Å². The second kappa shape index (κ2) is 10.0. The number of carbonyl (C=O) groups excluding carboxylic acids is 1. The van der Waals surface area contributed by atoms with Crippen molar-refractivity contribution in [2.24, 2.45) is 4.99 Å². The van der Waals surface area contributed by atoms with Crippen LogP contribution in [0.3, 0.4) is 0 Å². The summed E-state index contributed by atoms with van der Waals surface area (Å²) in [5.41, 5.74) is 2.24. The van der Waals surface area contributed by atoms with E-state index in [1.54, 1.807) is 24.5 Å². The molecular formula is C23H17BrI2N2O4S. The molecule has 1 atom stereocenters. The molecule has 170 valence electrons. The summed E-state index contributed by atoms with van der Waals surface area (Å²) in [6, 6.07) is 10.5. The molecule has 2 heterocycles. The smallest absolute Gasteiger partial charge is 0.338 e. The van der Waals surface area contributed by atoms with Crippen molar-refractivity contribution in [1.82, 2.24) is 4.57 Å². The lowest BCUT2D eigenvalue weighted by Crippen LogP contribution is -2.39. The van der Waals surface area contributed by atoms with Crippen molar-refractivity contribution >= 4 is 84.5 Å². The zero-order valence-electron chi connectivity index (χ0n) is 17.4. The van der Waals surface area contributed by atoms with Gasteiger partial charge in [0, 0.05) is 4.47 Å². The number of hydrogen-bond acceptors (Lipinski definition) is 6. The highest BCUT2D eigenvalue weighted by atomic mass is 127. The third kappa shape index (κ3) is 4.84. The van der Waals surface area contributed by atoms with Gasteiger partial charge in [-0.15, -0.1) is 0 Å². The molecule has 0 spiro atoms. The average molecular weight is 751 g/mol. The normalized spacial score (nSPS) is 15.9. The predicted molar refractivity (Wildman–Crippen MR) is 148 cm³/mol. The Bertz CT molecular complexity index is 1450. The molecule has 0 bridgehead atoms. The van der Waals surface area contributed by atoms with Gasteiger partial charge in [0.05, 0.1) is 35.6 Å². The number of benzene rings is 2. The fourth-order valence-electron chi connectivity index (χ4n) is 3.57. The number of nitrogens with zero attached hydrogens (tertiary/aromatic N) is 2. The molecule has 6 nitrogen and oxygen atoms in total. The zero-order chi connectivity index (χ0) is 23.9. The maximum Gasteiger partial charge on any atom is 0.338 e. The van der Waals surface area contributed by atoms with Gasteiger partial charge in [0.1, 0.15) is 5.75 Å². The topological polar surface area (TPSA) is 80.9 Å². The fraction of sp³-hybridized carbons (Fsp3) is 0.174. The zero-order valence-corrected chi connectivity index (χ0v) is 24.2. The Morgan fingerprint density at radius 1 is 1.27 bits per heavy atom. The molecule has 0 amide bonds. The maximum atomic E-state index is 13.6. The van der Waals surface area contributed by atoms with Crippen molar-refractivity contribution in [3.8, 4) is 5.75 Å². The van der Waals surface area contributed by atoms with Gasteiger partial charge in [-0.3, -0.25) is 9.36 Å². The van der Waals surface area contributed by atoms with Gasteiger partial charge in [0.2, 0.25) is 0 Å². The number of phenols is 1. The third-order valence-corrected chi connectivity index (χ3v) is 8.20. The number of fused-ring (bicyclic) bond motifs is 1. The molecule has 0 unspecified atom stereocenters. The monoisotopic (exact) mass is 750 g/mol. The first kappa shape index (κ1) is 24.6. The van der Waals surface area contributed by atoms with Gasteiger partial charge in [-0.2, -0.15) is 0 Å². The van der Waals surface area contributed by atoms with Crippen LogP contribution in [0, 0.1) is 7.14 Å². The van der Waals surface area contributed by atoms with Crippen molar-refractivity contribution in [3.63, 3.8) is 0 Å². The van der Waals surface area contributed by atoms with E-state index in [-0.39, 0.29) is 17.9 Å². The summed E-state index contributed by atoms with van der Waals surface area (Å²) in [5, 5.41) is 10.1. The van der Waals surface area contributed by atoms with Crippen LogP contribution in [0.1, 0.15) is 31.0 Å². The molecule has 3 aromatic rings. The van der Waals surface area contributed by atoms with E-state index in [4.69, 9.17) is 4.74 Å². The van der Waals surface area contributed by atoms with Crippen molar-refractivity contribution in [1.29, 1.82) is 0 Å². The minimum Gasteiger partial charge on any atom is -0.506 e. The van der Waals surface area contributed by atoms with E-state index in [0.717, 1.165) is 15.6 Å². The molecule has 0 saturated carbocycles. The minimum absolute atomic E-state index is 0.222. The van der Waals surface area contributed by atoms with Crippen LogP contribution in [0.2, 0.25) is 0 Å². The number of halogens is 3. The number of ether oxygens (including phenoxy) is 1. The molecule has 0 saturated heterocycles. The van der Waals surface area contributed by atoms with Crippen molar-refractivity contribution in [3.05, 3.63) is 90.1 Å². The average Bonchev–Trinajstić information content (AvgIpc) is 3.06. The lowest BCUT2D eigenvalue weighted by Gasteiger charge is -2.24. The van der Waals surface area contributed by atoms with Crippen LogP contribution in [0.25, 0.3) is 6.08 Å². The predicted octanol–water partition coefficient (Wildman–Crippen LogP) is 4.48. The number of phenolic OH excluding ortho intramolecular Hbond substituents is 1. The number of carbonyl (C=O) groups is 1. The van der Waals surface area contributed by atoms with E-state index in [1.165, 1.54) is 11.3 Å². The summed E-state index contributed by atoms with van der Waals surface area (Å²) < 4.78 is 9.67. The van der Waals surface area contributed by atoms with Gasteiger partial charge in [-0.1, -0.05) is 39.4 Å². The number of thiazole rings is 1. The second-order valence-corrected chi connectivity index (χ2v) is 11.4. The molecule has 1 N–H and O–H groups in total. The highest BCUT2D eigenvalue weighted by Crippen LogP contribution is 2.31. The van der Waals surface area contributed by atoms with E-state index in [9.17, 15) is 14.7 Å². The van der Waals surface area contributed by atoms with Crippen molar-refractivity contribution in [2.45, 2.75) is 19.9 Å². The van der Waals surface area contributed by atoms with Crippen molar-refractivity contribution < 1.29 is 14.6 Å². The molecule has 0 aliphatic carbocycles. The van der Waals surface area contributed by atoms with Crippen LogP contribution in [0.15, 0.2) is 61.9 Å². The molecule has 2 aromatic carbocycles. The Kier molecular flexibility index (Phi) is 7.46. The lowest BCUT2D eigenvalue weighted by atomic mass is 9.96. The van der Waals surface area contributed by atoms with Crippen LogP contribution in [-0.2, 0) is 9.53 Å². The SMILES string of the molecule is CCOC(=O)C1=C(C)N=c2s/c(=C\c3cc(I)c(O)c(I)c3)c(=O)n2[C@@H]1c1ccc(Br)cc1. The van der Waals surface area contributed by atoms with Gasteiger partial charge < -0.3 is 9.84 Å². The number of allylic oxidation sites excluding steroid dienone is 1. The van der Waals surface area contributed by atoms with E-state index in [1.807, 2.05) is 36.4 Å². The number of rotatable bonds is 4. The molecule has 0 radical (unpaired) electrons. The number of esters is 1. The summed E-state index contributed by atoms with van der Waals surface area (Å²) in [4.78, 5) is 31.6. The Hall–Kier alpha value is -1.51. The highest BCUT2D eigenvalue weighted by Gasteiger charge is 2.33. The first-order chi connectivity index (χ1) is 15.7. The quantitative estimate of drug-likeness (QED) is 0.316. The van der Waals surface area contributed by atoms with Crippen LogP contribution in [0.4, 0.5) is 0 Å². The van der Waals surface area contributed by atoms with E-state index >= 15 is 0 Å². The first-order valence-corrected chi connectivity index (χ1v) is 13.6. The van der Waals surface area contributed by atoms with Gasteiger partial charge in [0.25, 0.3) is 5.56 Å². The van der Waals surface area contributed by atoms with E-state index in [0.29, 0.717) is 27.7 Å². The maximum absolute atomic E-state index is 13.6. The Balaban J connectivity index is 1.96. The molecule has 0 fully saturated rings. The Morgan fingerprint density at radius 2 is 1.91 bits per heavy atom. The standard InChI is InChI=1S/C23H17BrI2N2O4S/c1-3-32-22(31)18-11(2)27-23-28(19(18)13-4-6-14(24)7-5-13)21(30)17(33-23)10-12-8-15(25)20(29)16(26)9-12/h4-10,19,29H,3H2,1-2H3/b17-10-/t19-/m1/s1. The molecule has 33 heavy (non-hydrogen) atoms. The van der Waals surface area contributed by atoms with Crippen LogP contribution < -0.4 is 14.9 Å². The Labute approximate surface area is 229 Å². The molecule has 1 aromatic heterocycles. The number of aromatic nitrogens is 1. The van der Waals surface area contributed by atoms with Gasteiger partial charge >= 0.3 is 5.97 Å². The summed E-state index contributed by atoms with van der Waals surface area (Å²) in [6.07, 6.45) is 1.79. The first-order valence-electron chi connectivity index (χ1n) is 9.84. The van der Waals surface area contributed by atoms with E-state index in [2.05, 4.69) is 66.1 Å². The number of hydrogen-bond donors (Lipinski definition) is 1. The summed E-state index contributed by atoms with van der Waals surface area (Å²) >= 11 is 8.84. The van der Waals surface area contributed by atoms with Crippen LogP contribution >= 0.6 is 72.4 Å². The largest absolute Gasteiger partial charge is 0.506 e. The molecule has 10 heteroatoms. The molecular weight excluding hydrogens is 734 g/mol. The van der Waals surface area contributed by atoms with Crippen LogP contribution in [0.5, 0.6) is 5.75 Å². The van der Waals surface area contributed by atoms with Gasteiger partial charge in [-0.25, -0.2) is 9.79 Å².